The summed E-state index contributed by atoms with van der Waals surface area (Å²) in [7, 11) is 0. The van der Waals surface area contributed by atoms with Crippen LogP contribution >= 0.6 is 0 Å². The van der Waals surface area contributed by atoms with Gasteiger partial charge in [0.25, 0.3) is 5.91 Å². The van der Waals surface area contributed by atoms with Crippen molar-refractivity contribution in [3.8, 4) is 0 Å². The van der Waals surface area contributed by atoms with Crippen molar-refractivity contribution >= 4 is 17.6 Å². The van der Waals surface area contributed by atoms with Gasteiger partial charge in [-0.1, -0.05) is 12.1 Å². The number of pyridine rings is 1. The number of nitrogens with zero attached hydrogens (tertiary/aromatic N) is 2. The van der Waals surface area contributed by atoms with Crippen LogP contribution in [0, 0.1) is 13.8 Å². The minimum absolute atomic E-state index is 0.244. The Balaban J connectivity index is 2.11. The predicted octanol–water partition coefficient (Wildman–Crippen LogP) is 2.76. The maximum Gasteiger partial charge on any atom is 0.258 e. The molecule has 0 unspecified atom stereocenters. The van der Waals surface area contributed by atoms with Crippen LogP contribution in [0.2, 0.25) is 0 Å². The van der Waals surface area contributed by atoms with E-state index in [-0.39, 0.29) is 5.91 Å². The number of carbonyl (C=O) groups excluding carboxylic acids is 1. The Labute approximate surface area is 117 Å². The Hall–Kier alpha value is -2.37. The average molecular weight is 274 g/mol. The van der Waals surface area contributed by atoms with Crippen LogP contribution in [0.3, 0.4) is 0 Å². The van der Waals surface area contributed by atoms with Gasteiger partial charge in [-0.25, -0.2) is 4.98 Å². The lowest BCUT2D eigenvalue weighted by molar-refractivity contribution is 0.102. The fourth-order valence-electron chi connectivity index (χ4n) is 1.63. The number of amides is 1. The van der Waals surface area contributed by atoms with Gasteiger partial charge in [-0.05, 0) is 32.4 Å². The van der Waals surface area contributed by atoms with E-state index in [1.807, 2.05) is 13.8 Å². The van der Waals surface area contributed by atoms with Crippen LogP contribution < -0.4 is 10.6 Å². The van der Waals surface area contributed by atoms with Crippen molar-refractivity contribution in [1.82, 2.24) is 10.1 Å². The summed E-state index contributed by atoms with van der Waals surface area (Å²) in [5.74, 6) is 0.823. The van der Waals surface area contributed by atoms with E-state index in [1.165, 1.54) is 0 Å². The topological polar surface area (TPSA) is 80.0 Å². The molecule has 0 saturated heterocycles. The number of aromatic nitrogens is 2. The molecule has 2 rings (SSSR count). The summed E-state index contributed by atoms with van der Waals surface area (Å²) in [6, 6.07) is 3.37. The molecule has 2 aromatic rings. The lowest BCUT2D eigenvalue weighted by atomic mass is 10.2. The molecule has 0 saturated carbocycles. The molecule has 6 heteroatoms. The third-order valence-corrected chi connectivity index (χ3v) is 2.96. The van der Waals surface area contributed by atoms with E-state index in [0.29, 0.717) is 17.3 Å². The second kappa shape index (κ2) is 6.18. The smallest absolute Gasteiger partial charge is 0.258 e. The van der Waals surface area contributed by atoms with Crippen LogP contribution in [-0.4, -0.2) is 22.6 Å². The highest BCUT2D eigenvalue weighted by molar-refractivity contribution is 6.04. The lowest BCUT2D eigenvalue weighted by Gasteiger charge is -2.06. The molecule has 2 aromatic heterocycles. The van der Waals surface area contributed by atoms with Gasteiger partial charge < -0.3 is 9.84 Å². The molecule has 20 heavy (non-hydrogen) atoms. The number of anilines is 2. The van der Waals surface area contributed by atoms with E-state index in [9.17, 15) is 4.79 Å². The van der Waals surface area contributed by atoms with Crippen molar-refractivity contribution in [1.29, 1.82) is 0 Å². The molecule has 6 nitrogen and oxygen atoms in total. The quantitative estimate of drug-likeness (QED) is 0.876. The highest BCUT2D eigenvalue weighted by atomic mass is 16.5. The molecule has 0 bridgehead atoms. The molecule has 2 heterocycles. The molecule has 106 valence electrons. The molecule has 0 atom stereocenters. The van der Waals surface area contributed by atoms with Gasteiger partial charge in [0, 0.05) is 23.9 Å². The van der Waals surface area contributed by atoms with Crippen LogP contribution in [0.25, 0.3) is 0 Å². The van der Waals surface area contributed by atoms with Crippen molar-refractivity contribution in [2.45, 2.75) is 27.2 Å². The van der Waals surface area contributed by atoms with Gasteiger partial charge in [-0.3, -0.25) is 10.1 Å². The average Bonchev–Trinajstić information content (AvgIpc) is 2.77. The maximum atomic E-state index is 12.1. The number of hydrogen-bond donors (Lipinski definition) is 2. The minimum atomic E-state index is -0.244. The summed E-state index contributed by atoms with van der Waals surface area (Å²) in [6.07, 6.45) is 2.60. The molecule has 0 fully saturated rings. The van der Waals surface area contributed by atoms with Crippen LogP contribution in [-0.2, 0) is 0 Å². The van der Waals surface area contributed by atoms with E-state index in [2.05, 4.69) is 27.7 Å². The third kappa shape index (κ3) is 3.14. The first-order valence-electron chi connectivity index (χ1n) is 6.56. The number of nitrogens with one attached hydrogen (secondary N) is 2. The van der Waals surface area contributed by atoms with Crippen LogP contribution in [0.1, 0.15) is 35.0 Å². The zero-order valence-corrected chi connectivity index (χ0v) is 11.9. The molecule has 0 aromatic carbocycles. The monoisotopic (exact) mass is 274 g/mol. The van der Waals surface area contributed by atoms with Gasteiger partial charge >= 0.3 is 0 Å². The summed E-state index contributed by atoms with van der Waals surface area (Å²) in [6.45, 7) is 6.56. The van der Waals surface area contributed by atoms with Crippen molar-refractivity contribution in [2.24, 2.45) is 0 Å². The number of carbonyl (C=O) groups is 1. The Kier molecular flexibility index (Phi) is 4.34. The first kappa shape index (κ1) is 14.0. The van der Waals surface area contributed by atoms with E-state index in [1.54, 1.807) is 18.3 Å². The van der Waals surface area contributed by atoms with Crippen molar-refractivity contribution in [2.75, 3.05) is 17.2 Å². The summed E-state index contributed by atoms with van der Waals surface area (Å²) in [5.41, 5.74) is 2.11. The zero-order valence-electron chi connectivity index (χ0n) is 11.9. The first-order valence-corrected chi connectivity index (χ1v) is 6.56. The second-order valence-electron chi connectivity index (χ2n) is 4.53. The van der Waals surface area contributed by atoms with E-state index in [0.717, 1.165) is 24.2 Å². The van der Waals surface area contributed by atoms with Gasteiger partial charge in [0.15, 0.2) is 0 Å². The molecular formula is C14H18N4O2. The van der Waals surface area contributed by atoms with Crippen molar-refractivity contribution in [3.05, 3.63) is 35.2 Å². The molecular weight excluding hydrogens is 256 g/mol. The van der Waals surface area contributed by atoms with Gasteiger partial charge in [-0.2, -0.15) is 0 Å². The molecule has 0 aliphatic heterocycles. The van der Waals surface area contributed by atoms with E-state index < -0.39 is 0 Å². The second-order valence-corrected chi connectivity index (χ2v) is 4.53. The summed E-state index contributed by atoms with van der Waals surface area (Å²) < 4.78 is 5.07. The molecule has 0 aliphatic rings. The number of aryl methyl sites for hydroxylation is 1. The predicted molar refractivity (Wildman–Crippen MR) is 76.9 cm³/mol. The normalized spacial score (nSPS) is 10.3. The van der Waals surface area contributed by atoms with E-state index in [4.69, 9.17) is 4.52 Å². The Morgan fingerprint density at radius 1 is 1.40 bits per heavy atom. The van der Waals surface area contributed by atoms with Crippen LogP contribution in [0.5, 0.6) is 0 Å². The highest BCUT2D eigenvalue weighted by Gasteiger charge is 2.13. The standard InChI is InChI=1S/C14H18N4O2/c1-4-6-15-12-8-11(5-7-16-12)13(19)17-14-9(2)10(3)18-20-14/h5,7-8H,4,6H2,1-3H3,(H,15,16)(H,17,19). The summed E-state index contributed by atoms with van der Waals surface area (Å²) >= 11 is 0. The molecule has 2 N–H and O–H groups in total. The third-order valence-electron chi connectivity index (χ3n) is 2.96. The number of hydrogen-bond acceptors (Lipinski definition) is 5. The summed E-state index contributed by atoms with van der Waals surface area (Å²) in [4.78, 5) is 16.3. The maximum absolute atomic E-state index is 12.1. The van der Waals surface area contributed by atoms with Gasteiger partial charge in [0.1, 0.15) is 5.82 Å². The summed E-state index contributed by atoms with van der Waals surface area (Å²) in [5, 5.41) is 9.66. The van der Waals surface area contributed by atoms with Crippen LogP contribution in [0.15, 0.2) is 22.9 Å². The highest BCUT2D eigenvalue weighted by Crippen LogP contribution is 2.18. The van der Waals surface area contributed by atoms with Crippen molar-refractivity contribution < 1.29 is 9.32 Å². The van der Waals surface area contributed by atoms with Crippen LogP contribution in [0.4, 0.5) is 11.7 Å². The van der Waals surface area contributed by atoms with Crippen molar-refractivity contribution in [3.63, 3.8) is 0 Å². The molecule has 0 spiro atoms. The Morgan fingerprint density at radius 2 is 2.20 bits per heavy atom. The van der Waals surface area contributed by atoms with Gasteiger partial charge in [-0.15, -0.1) is 0 Å². The fourth-order valence-corrected chi connectivity index (χ4v) is 1.63. The zero-order chi connectivity index (χ0) is 14.5. The van der Waals surface area contributed by atoms with E-state index >= 15 is 0 Å². The van der Waals surface area contributed by atoms with Gasteiger partial charge in [0.05, 0.1) is 5.69 Å². The molecule has 0 aliphatic carbocycles. The Bertz CT molecular complexity index is 607. The SMILES string of the molecule is CCCNc1cc(C(=O)Nc2onc(C)c2C)ccn1. The Morgan fingerprint density at radius 3 is 2.85 bits per heavy atom. The lowest BCUT2D eigenvalue weighted by Crippen LogP contribution is -2.13. The van der Waals surface area contributed by atoms with Gasteiger partial charge in [0.2, 0.25) is 5.88 Å². The number of rotatable bonds is 5. The largest absolute Gasteiger partial charge is 0.370 e. The fraction of sp³-hybridized carbons (Fsp3) is 0.357. The molecule has 0 radical (unpaired) electrons. The minimum Gasteiger partial charge on any atom is -0.370 e. The molecule has 1 amide bonds. The first-order chi connectivity index (χ1) is 9.61.